The number of rotatable bonds is 15. The first-order chi connectivity index (χ1) is 10.8. The Labute approximate surface area is 142 Å². The predicted molar refractivity (Wildman–Crippen MR) is 99.4 cm³/mol. The molecule has 0 aliphatic rings. The molecule has 0 N–H and O–H groups in total. The quantitative estimate of drug-likeness (QED) is 0.178. The number of hydrogen-bond donors (Lipinski definition) is 0. The monoisotopic (exact) mass is 324 g/mol. The van der Waals surface area contributed by atoms with E-state index >= 15 is 0 Å². The fraction of sp³-hybridized carbons (Fsp3) is 0.650. The summed E-state index contributed by atoms with van der Waals surface area (Å²) in [6.07, 6.45) is 26.9. The summed E-state index contributed by atoms with van der Waals surface area (Å²) in [6.45, 7) is 2.24. The van der Waals surface area contributed by atoms with Crippen LogP contribution in [0.5, 0.6) is 0 Å². The van der Waals surface area contributed by atoms with Gasteiger partial charge in [0.1, 0.15) is 0 Å². The van der Waals surface area contributed by atoms with Crippen molar-refractivity contribution in [2.75, 3.05) is 0 Å². The SMILES string of the molecule is CCCCC/C=C/C/C=C/C/C=C/CCCCCCC(=O)Cl. The molecule has 0 saturated heterocycles. The molecule has 0 amide bonds. The van der Waals surface area contributed by atoms with Gasteiger partial charge in [0.25, 0.3) is 0 Å². The van der Waals surface area contributed by atoms with Crippen LogP contribution in [0, 0.1) is 0 Å². The summed E-state index contributed by atoms with van der Waals surface area (Å²) in [7, 11) is 0. The lowest BCUT2D eigenvalue weighted by Gasteiger charge is -1.96. The smallest absolute Gasteiger partial charge is 0.221 e. The maximum atomic E-state index is 10.5. The van der Waals surface area contributed by atoms with Gasteiger partial charge >= 0.3 is 0 Å². The van der Waals surface area contributed by atoms with E-state index in [4.69, 9.17) is 11.6 Å². The summed E-state index contributed by atoms with van der Waals surface area (Å²) in [4.78, 5) is 10.5. The molecule has 0 atom stereocenters. The first kappa shape index (κ1) is 21.2. The van der Waals surface area contributed by atoms with E-state index in [9.17, 15) is 4.79 Å². The molecule has 0 aromatic carbocycles. The van der Waals surface area contributed by atoms with Gasteiger partial charge in [-0.05, 0) is 56.5 Å². The van der Waals surface area contributed by atoms with Crippen molar-refractivity contribution in [3.63, 3.8) is 0 Å². The largest absolute Gasteiger partial charge is 0.281 e. The van der Waals surface area contributed by atoms with Crippen molar-refractivity contribution >= 4 is 16.8 Å². The van der Waals surface area contributed by atoms with Crippen LogP contribution in [0.2, 0.25) is 0 Å². The minimum atomic E-state index is -0.206. The number of carbonyl (C=O) groups is 1. The lowest BCUT2D eigenvalue weighted by molar-refractivity contribution is -0.111. The highest BCUT2D eigenvalue weighted by molar-refractivity contribution is 6.63. The third kappa shape index (κ3) is 19.2. The Morgan fingerprint density at radius 1 is 0.727 bits per heavy atom. The van der Waals surface area contributed by atoms with Gasteiger partial charge in [-0.25, -0.2) is 0 Å². The molecule has 0 aliphatic heterocycles. The minimum absolute atomic E-state index is 0.206. The van der Waals surface area contributed by atoms with Crippen molar-refractivity contribution in [2.24, 2.45) is 0 Å². The Kier molecular flexibility index (Phi) is 17.6. The normalized spacial score (nSPS) is 12.1. The van der Waals surface area contributed by atoms with Gasteiger partial charge in [0.05, 0.1) is 0 Å². The van der Waals surface area contributed by atoms with Gasteiger partial charge in [0, 0.05) is 6.42 Å². The van der Waals surface area contributed by atoms with Crippen molar-refractivity contribution in [3.8, 4) is 0 Å². The summed E-state index contributed by atoms with van der Waals surface area (Å²) < 4.78 is 0. The molecule has 0 radical (unpaired) electrons. The van der Waals surface area contributed by atoms with Gasteiger partial charge in [-0.1, -0.05) is 69.1 Å². The van der Waals surface area contributed by atoms with E-state index in [1.165, 1.54) is 38.5 Å². The fourth-order valence-corrected chi connectivity index (χ4v) is 2.30. The first-order valence-corrected chi connectivity index (χ1v) is 9.28. The average Bonchev–Trinajstić information content (AvgIpc) is 2.50. The Hall–Kier alpha value is -0.820. The molecule has 0 rings (SSSR count). The molecule has 0 saturated carbocycles. The molecule has 0 spiro atoms. The molecule has 0 unspecified atom stereocenters. The number of allylic oxidation sites excluding steroid dienone is 6. The van der Waals surface area contributed by atoms with E-state index in [0.29, 0.717) is 6.42 Å². The second-order valence-corrected chi connectivity index (χ2v) is 6.11. The van der Waals surface area contributed by atoms with Crippen molar-refractivity contribution in [1.82, 2.24) is 0 Å². The lowest BCUT2D eigenvalue weighted by Crippen LogP contribution is -1.85. The highest BCUT2D eigenvalue weighted by Gasteiger charge is 1.94. The summed E-state index contributed by atoms with van der Waals surface area (Å²) in [5.74, 6) is 0. The topological polar surface area (TPSA) is 17.1 Å². The van der Waals surface area contributed by atoms with Crippen LogP contribution in [0.3, 0.4) is 0 Å². The Balaban J connectivity index is 3.29. The maximum absolute atomic E-state index is 10.5. The molecular formula is C20H33ClO. The Bertz CT molecular complexity index is 329. The number of unbranched alkanes of at least 4 members (excludes halogenated alkanes) is 7. The molecule has 0 heterocycles. The van der Waals surface area contributed by atoms with Crippen LogP contribution in [-0.4, -0.2) is 5.24 Å². The van der Waals surface area contributed by atoms with Crippen molar-refractivity contribution in [1.29, 1.82) is 0 Å². The predicted octanol–water partition coefficient (Wildman–Crippen LogP) is 7.12. The summed E-state index contributed by atoms with van der Waals surface area (Å²) in [5, 5.41) is -0.206. The van der Waals surface area contributed by atoms with E-state index in [-0.39, 0.29) is 5.24 Å². The fourth-order valence-electron chi connectivity index (χ4n) is 2.17. The van der Waals surface area contributed by atoms with Gasteiger partial charge in [0.15, 0.2) is 0 Å². The van der Waals surface area contributed by atoms with Gasteiger partial charge < -0.3 is 0 Å². The van der Waals surface area contributed by atoms with Crippen LogP contribution in [0.15, 0.2) is 36.5 Å². The molecule has 0 aromatic rings. The van der Waals surface area contributed by atoms with E-state index in [0.717, 1.165) is 32.1 Å². The van der Waals surface area contributed by atoms with Crippen LogP contribution in [-0.2, 0) is 4.79 Å². The third-order valence-corrected chi connectivity index (χ3v) is 3.70. The third-order valence-electron chi connectivity index (χ3n) is 3.51. The Morgan fingerprint density at radius 2 is 1.23 bits per heavy atom. The molecular weight excluding hydrogens is 292 g/mol. The first-order valence-electron chi connectivity index (χ1n) is 8.90. The molecule has 1 nitrogen and oxygen atoms in total. The summed E-state index contributed by atoms with van der Waals surface area (Å²) in [5.41, 5.74) is 0. The van der Waals surface area contributed by atoms with E-state index in [1.54, 1.807) is 0 Å². The van der Waals surface area contributed by atoms with Crippen LogP contribution < -0.4 is 0 Å². The van der Waals surface area contributed by atoms with Crippen LogP contribution in [0.25, 0.3) is 0 Å². The van der Waals surface area contributed by atoms with E-state index in [2.05, 4.69) is 43.4 Å². The lowest BCUT2D eigenvalue weighted by atomic mass is 10.1. The number of halogens is 1. The summed E-state index contributed by atoms with van der Waals surface area (Å²) >= 11 is 5.29. The van der Waals surface area contributed by atoms with E-state index < -0.39 is 0 Å². The van der Waals surface area contributed by atoms with Crippen LogP contribution >= 0.6 is 11.6 Å². The molecule has 22 heavy (non-hydrogen) atoms. The second kappa shape index (κ2) is 18.2. The zero-order valence-electron chi connectivity index (χ0n) is 14.2. The van der Waals surface area contributed by atoms with Gasteiger partial charge in [-0.15, -0.1) is 0 Å². The van der Waals surface area contributed by atoms with E-state index in [1.807, 2.05) is 0 Å². The van der Waals surface area contributed by atoms with Crippen LogP contribution in [0.1, 0.15) is 84.0 Å². The van der Waals surface area contributed by atoms with Gasteiger partial charge in [-0.3, -0.25) is 4.79 Å². The second-order valence-electron chi connectivity index (χ2n) is 5.69. The number of carbonyl (C=O) groups excluding carboxylic acids is 1. The molecule has 0 aliphatic carbocycles. The number of hydrogen-bond acceptors (Lipinski definition) is 1. The van der Waals surface area contributed by atoms with Crippen molar-refractivity contribution in [2.45, 2.75) is 84.0 Å². The maximum Gasteiger partial charge on any atom is 0.221 e. The molecule has 0 bridgehead atoms. The van der Waals surface area contributed by atoms with Crippen molar-refractivity contribution < 1.29 is 4.79 Å². The molecule has 126 valence electrons. The minimum Gasteiger partial charge on any atom is -0.281 e. The average molecular weight is 325 g/mol. The molecule has 2 heteroatoms. The standard InChI is InChI=1S/C20H33ClO/c1-2-3-4-5-6-7-8-9-10-11-12-13-14-15-16-17-18-19-20(21)22/h6-7,9-10,12-13H,2-5,8,11,14-19H2,1H3/b7-6+,10-9+,13-12+. The highest BCUT2D eigenvalue weighted by Crippen LogP contribution is 2.07. The zero-order valence-corrected chi connectivity index (χ0v) is 15.0. The molecule has 0 fully saturated rings. The zero-order chi connectivity index (χ0) is 16.3. The van der Waals surface area contributed by atoms with Crippen molar-refractivity contribution in [3.05, 3.63) is 36.5 Å². The van der Waals surface area contributed by atoms with Gasteiger partial charge in [0.2, 0.25) is 5.24 Å². The highest BCUT2D eigenvalue weighted by atomic mass is 35.5. The summed E-state index contributed by atoms with van der Waals surface area (Å²) in [6, 6.07) is 0. The van der Waals surface area contributed by atoms with Crippen LogP contribution in [0.4, 0.5) is 0 Å². The Morgan fingerprint density at radius 3 is 1.77 bits per heavy atom. The molecule has 0 aromatic heterocycles. The van der Waals surface area contributed by atoms with Gasteiger partial charge in [-0.2, -0.15) is 0 Å².